The van der Waals surface area contributed by atoms with Crippen LogP contribution >= 0.6 is 0 Å². The zero-order valence-corrected chi connectivity index (χ0v) is 14.6. The van der Waals surface area contributed by atoms with Gasteiger partial charge in [0.2, 0.25) is 15.9 Å². The number of piperidine rings is 1. The Morgan fingerprint density at radius 1 is 1.35 bits per heavy atom. The molecule has 0 saturated carbocycles. The molecule has 2 rings (SSSR count). The summed E-state index contributed by atoms with van der Waals surface area (Å²) in [6.45, 7) is 4.26. The van der Waals surface area contributed by atoms with Gasteiger partial charge < -0.3 is 9.64 Å². The summed E-state index contributed by atoms with van der Waals surface area (Å²) < 4.78 is 32.6. The van der Waals surface area contributed by atoms with Crippen molar-refractivity contribution in [3.8, 4) is 5.75 Å². The van der Waals surface area contributed by atoms with Crippen LogP contribution in [-0.2, 0) is 14.8 Å². The van der Waals surface area contributed by atoms with Crippen LogP contribution in [0.5, 0.6) is 5.75 Å². The highest BCUT2D eigenvalue weighted by Gasteiger charge is 2.30. The number of carbonyl (C=O) groups is 1. The smallest absolute Gasteiger partial charge is 0.244 e. The number of benzene rings is 1. The minimum absolute atomic E-state index is 0.0360. The van der Waals surface area contributed by atoms with Crippen LogP contribution in [0.1, 0.15) is 33.1 Å². The molecule has 1 aromatic carbocycles. The molecule has 0 radical (unpaired) electrons. The quantitative estimate of drug-likeness (QED) is 0.886. The fourth-order valence-electron chi connectivity index (χ4n) is 2.86. The van der Waals surface area contributed by atoms with Crippen LogP contribution in [0.4, 0.5) is 0 Å². The summed E-state index contributed by atoms with van der Waals surface area (Å²) in [5.41, 5.74) is 0. The predicted octanol–water partition coefficient (Wildman–Crippen LogP) is 1.76. The van der Waals surface area contributed by atoms with Gasteiger partial charge in [-0.25, -0.2) is 8.42 Å². The molecule has 1 aliphatic rings. The van der Waals surface area contributed by atoms with E-state index in [0.29, 0.717) is 6.54 Å². The molecule has 0 bridgehead atoms. The molecule has 7 heteroatoms. The van der Waals surface area contributed by atoms with Crippen LogP contribution in [0.25, 0.3) is 0 Å². The van der Waals surface area contributed by atoms with Gasteiger partial charge in [-0.05, 0) is 45.2 Å². The molecular weight excluding hydrogens is 316 g/mol. The molecule has 1 amide bonds. The van der Waals surface area contributed by atoms with Crippen molar-refractivity contribution in [1.29, 1.82) is 0 Å². The number of methoxy groups -OCH3 is 1. The van der Waals surface area contributed by atoms with Gasteiger partial charge in [0.15, 0.2) is 0 Å². The van der Waals surface area contributed by atoms with Crippen molar-refractivity contribution in [2.24, 2.45) is 0 Å². The normalized spacial score (nSPS) is 20.1. The molecule has 0 unspecified atom stereocenters. The Balaban J connectivity index is 2.14. The molecule has 128 valence electrons. The van der Waals surface area contributed by atoms with Gasteiger partial charge in [-0.2, -0.15) is 4.72 Å². The molecule has 1 fully saturated rings. The highest BCUT2D eigenvalue weighted by atomic mass is 32.2. The first-order valence-electron chi connectivity index (χ1n) is 7.82. The number of carbonyl (C=O) groups excluding carboxylic acids is 1. The van der Waals surface area contributed by atoms with Gasteiger partial charge in [0.1, 0.15) is 10.6 Å². The monoisotopic (exact) mass is 340 g/mol. The van der Waals surface area contributed by atoms with E-state index in [1.54, 1.807) is 30.0 Å². The zero-order chi connectivity index (χ0) is 17.0. The van der Waals surface area contributed by atoms with Gasteiger partial charge in [0.05, 0.1) is 13.2 Å². The number of hydrogen-bond donors (Lipinski definition) is 1. The maximum absolute atomic E-state index is 12.5. The van der Waals surface area contributed by atoms with E-state index < -0.39 is 16.1 Å². The Hall–Kier alpha value is -1.60. The highest BCUT2D eigenvalue weighted by molar-refractivity contribution is 7.89. The van der Waals surface area contributed by atoms with E-state index in [1.807, 2.05) is 6.92 Å². The fraction of sp³-hybridized carbons (Fsp3) is 0.562. The minimum atomic E-state index is -3.83. The number of amides is 1. The second-order valence-electron chi connectivity index (χ2n) is 5.87. The number of ether oxygens (including phenoxy) is 1. The second kappa shape index (κ2) is 7.31. The lowest BCUT2D eigenvalue weighted by atomic mass is 10.0. The van der Waals surface area contributed by atoms with Crippen LogP contribution in [0.15, 0.2) is 29.2 Å². The van der Waals surface area contributed by atoms with Gasteiger partial charge in [0, 0.05) is 12.6 Å². The first-order valence-corrected chi connectivity index (χ1v) is 9.31. The molecule has 1 heterocycles. The number of sulfonamides is 1. The summed E-state index contributed by atoms with van der Waals surface area (Å²) >= 11 is 0. The van der Waals surface area contributed by atoms with Gasteiger partial charge in [-0.15, -0.1) is 0 Å². The Morgan fingerprint density at radius 3 is 2.70 bits per heavy atom. The molecule has 2 atom stereocenters. The van der Waals surface area contributed by atoms with E-state index in [-0.39, 0.29) is 22.6 Å². The Morgan fingerprint density at radius 2 is 2.04 bits per heavy atom. The number of nitrogens with one attached hydrogen (secondary N) is 1. The van der Waals surface area contributed by atoms with Crippen molar-refractivity contribution >= 4 is 15.9 Å². The van der Waals surface area contributed by atoms with E-state index in [2.05, 4.69) is 4.72 Å². The van der Waals surface area contributed by atoms with Crippen molar-refractivity contribution in [1.82, 2.24) is 9.62 Å². The molecular formula is C16H24N2O4S. The standard InChI is InChI=1S/C16H24N2O4S/c1-12-8-6-7-11-18(12)16(19)13(2)17-23(20,21)15-10-5-4-9-14(15)22-3/h4-5,9-10,12-13,17H,6-8,11H2,1-3H3/t12-,13+/m1/s1. The summed E-state index contributed by atoms with van der Waals surface area (Å²) in [6.07, 6.45) is 3.02. The predicted molar refractivity (Wildman–Crippen MR) is 87.8 cm³/mol. The van der Waals surface area contributed by atoms with Crippen LogP contribution in [0.3, 0.4) is 0 Å². The largest absolute Gasteiger partial charge is 0.495 e. The number of hydrogen-bond acceptors (Lipinski definition) is 4. The Kier molecular flexibility index (Phi) is 5.64. The van der Waals surface area contributed by atoms with E-state index in [9.17, 15) is 13.2 Å². The number of para-hydroxylation sites is 1. The molecule has 23 heavy (non-hydrogen) atoms. The lowest BCUT2D eigenvalue weighted by molar-refractivity contribution is -0.135. The Labute approximate surface area is 137 Å². The number of nitrogens with zero attached hydrogens (tertiary/aromatic N) is 1. The third-order valence-corrected chi connectivity index (χ3v) is 5.73. The van der Waals surface area contributed by atoms with Gasteiger partial charge in [0.25, 0.3) is 0 Å². The number of rotatable bonds is 5. The third-order valence-electron chi connectivity index (χ3n) is 4.15. The van der Waals surface area contributed by atoms with Crippen molar-refractivity contribution in [2.45, 2.75) is 50.1 Å². The van der Waals surface area contributed by atoms with E-state index in [1.165, 1.54) is 13.2 Å². The molecule has 1 aliphatic heterocycles. The van der Waals surface area contributed by atoms with Crippen molar-refractivity contribution in [3.05, 3.63) is 24.3 Å². The van der Waals surface area contributed by atoms with Gasteiger partial charge in [-0.1, -0.05) is 12.1 Å². The molecule has 1 N–H and O–H groups in total. The molecule has 0 spiro atoms. The average molecular weight is 340 g/mol. The zero-order valence-electron chi connectivity index (χ0n) is 13.8. The van der Waals surface area contributed by atoms with Crippen molar-refractivity contribution in [2.75, 3.05) is 13.7 Å². The third kappa shape index (κ3) is 4.03. The molecule has 1 saturated heterocycles. The van der Waals surface area contributed by atoms with Gasteiger partial charge in [-0.3, -0.25) is 4.79 Å². The van der Waals surface area contributed by atoms with Crippen molar-refractivity contribution in [3.63, 3.8) is 0 Å². The number of likely N-dealkylation sites (tertiary alicyclic amines) is 1. The summed E-state index contributed by atoms with van der Waals surface area (Å²) in [4.78, 5) is 14.3. The van der Waals surface area contributed by atoms with Crippen LogP contribution < -0.4 is 9.46 Å². The molecule has 6 nitrogen and oxygen atoms in total. The summed E-state index contributed by atoms with van der Waals surface area (Å²) in [5, 5.41) is 0. The molecule has 0 aliphatic carbocycles. The van der Waals surface area contributed by atoms with Gasteiger partial charge >= 0.3 is 0 Å². The lowest BCUT2D eigenvalue weighted by Crippen LogP contribution is -2.51. The molecule has 1 aromatic rings. The topological polar surface area (TPSA) is 75.7 Å². The van der Waals surface area contributed by atoms with Crippen LogP contribution in [0, 0.1) is 0 Å². The van der Waals surface area contributed by atoms with Crippen LogP contribution in [-0.4, -0.2) is 45.0 Å². The highest BCUT2D eigenvalue weighted by Crippen LogP contribution is 2.23. The van der Waals surface area contributed by atoms with E-state index in [4.69, 9.17) is 4.74 Å². The fourth-order valence-corrected chi connectivity index (χ4v) is 4.23. The van der Waals surface area contributed by atoms with E-state index in [0.717, 1.165) is 19.3 Å². The van der Waals surface area contributed by atoms with Crippen molar-refractivity contribution < 1.29 is 17.9 Å². The van der Waals surface area contributed by atoms with E-state index >= 15 is 0 Å². The summed E-state index contributed by atoms with van der Waals surface area (Å²) in [5.74, 6) is 0.0710. The first-order chi connectivity index (χ1) is 10.9. The Bertz CT molecular complexity index is 660. The SMILES string of the molecule is COc1ccccc1S(=O)(=O)N[C@@H](C)C(=O)N1CCCC[C@H]1C. The summed E-state index contributed by atoms with van der Waals surface area (Å²) in [6, 6.07) is 5.69. The molecule has 0 aromatic heterocycles. The lowest BCUT2D eigenvalue weighted by Gasteiger charge is -2.35. The second-order valence-corrected chi connectivity index (χ2v) is 7.55. The van der Waals surface area contributed by atoms with Crippen LogP contribution in [0.2, 0.25) is 0 Å². The average Bonchev–Trinajstić information content (AvgIpc) is 2.54. The first kappa shape index (κ1) is 17.7. The maximum atomic E-state index is 12.5. The summed E-state index contributed by atoms with van der Waals surface area (Å²) in [7, 11) is -2.41. The maximum Gasteiger partial charge on any atom is 0.244 e. The minimum Gasteiger partial charge on any atom is -0.495 e.